The van der Waals surface area contributed by atoms with Crippen LogP contribution in [0.2, 0.25) is 0 Å². The van der Waals surface area contributed by atoms with Crippen molar-refractivity contribution in [3.63, 3.8) is 0 Å². The van der Waals surface area contributed by atoms with Crippen molar-refractivity contribution >= 4 is 17.9 Å². The Hall–Kier alpha value is -4.48. The van der Waals surface area contributed by atoms with E-state index < -0.39 is 11.8 Å². The highest BCUT2D eigenvalue weighted by Crippen LogP contribution is 2.33. The van der Waals surface area contributed by atoms with Crippen LogP contribution >= 0.6 is 0 Å². The molecule has 1 aliphatic heterocycles. The molecule has 0 fully saturated rings. The maximum atomic E-state index is 13.4. The number of carbonyl (C=O) groups excluding carboxylic acids is 2. The lowest BCUT2D eigenvalue weighted by Crippen LogP contribution is -2.44. The highest BCUT2D eigenvalue weighted by atomic mass is 16.5. The zero-order valence-electron chi connectivity index (χ0n) is 20.6. The molecule has 2 aromatic carbocycles. The predicted octanol–water partition coefficient (Wildman–Crippen LogP) is 4.10. The van der Waals surface area contributed by atoms with Gasteiger partial charge in [-0.1, -0.05) is 18.2 Å². The first-order chi connectivity index (χ1) is 17.4. The van der Waals surface area contributed by atoms with Crippen molar-refractivity contribution in [2.75, 3.05) is 27.4 Å². The Morgan fingerprint density at radius 3 is 2.44 bits per heavy atom. The minimum absolute atomic E-state index is 0.0533. The van der Waals surface area contributed by atoms with E-state index in [0.29, 0.717) is 16.8 Å². The molecular formula is C28H26N4O4. The molecule has 0 N–H and O–H groups in total. The Balaban J connectivity index is 1.92. The molecule has 0 aliphatic carbocycles. The zero-order chi connectivity index (χ0) is 25.8. The minimum Gasteiger partial charge on any atom is -0.497 e. The van der Waals surface area contributed by atoms with Gasteiger partial charge in [0, 0.05) is 30.0 Å². The Morgan fingerprint density at radius 1 is 1.06 bits per heavy atom. The Bertz CT molecular complexity index is 1430. The highest BCUT2D eigenvalue weighted by Gasteiger charge is 2.35. The molecule has 4 rings (SSSR count). The third-order valence-electron chi connectivity index (χ3n) is 6.10. The Morgan fingerprint density at radius 2 is 1.81 bits per heavy atom. The minimum atomic E-state index is -0.611. The van der Waals surface area contributed by atoms with Crippen LogP contribution in [0.1, 0.15) is 18.1 Å². The van der Waals surface area contributed by atoms with Gasteiger partial charge in [-0.15, -0.1) is 0 Å². The molecular weight excluding hydrogens is 456 g/mol. The van der Waals surface area contributed by atoms with Crippen molar-refractivity contribution in [2.24, 2.45) is 0 Å². The Kier molecular flexibility index (Phi) is 7.13. The molecule has 8 nitrogen and oxygen atoms in total. The van der Waals surface area contributed by atoms with Crippen molar-refractivity contribution in [1.29, 1.82) is 5.26 Å². The van der Waals surface area contributed by atoms with Crippen molar-refractivity contribution in [3.05, 3.63) is 82.6 Å². The van der Waals surface area contributed by atoms with Crippen LogP contribution in [0.5, 0.6) is 5.75 Å². The standard InChI is InChI=1S/C28H26N4O4/c1-18-14-22(36-4)10-11-23(18)26-20(17-32(30-26)21-8-6-5-7-9-21)15-24-19(2)25(16-29)28(34)31(27(24)33)12-13-35-3/h5-11,14-15,17H,12-13H2,1-4H3/b24-15+. The van der Waals surface area contributed by atoms with Crippen molar-refractivity contribution in [1.82, 2.24) is 14.7 Å². The van der Waals surface area contributed by atoms with E-state index in [-0.39, 0.29) is 24.3 Å². The number of nitriles is 1. The normalized spacial score (nSPS) is 15.0. The van der Waals surface area contributed by atoms with Crippen molar-refractivity contribution in [2.45, 2.75) is 13.8 Å². The molecule has 2 amide bonds. The lowest BCUT2D eigenvalue weighted by molar-refractivity contribution is -0.141. The van der Waals surface area contributed by atoms with Gasteiger partial charge in [0.25, 0.3) is 11.8 Å². The highest BCUT2D eigenvalue weighted by molar-refractivity contribution is 6.19. The number of amides is 2. The molecule has 36 heavy (non-hydrogen) atoms. The number of ether oxygens (including phenoxy) is 2. The first-order valence-corrected chi connectivity index (χ1v) is 11.4. The van der Waals surface area contributed by atoms with Gasteiger partial charge in [0.1, 0.15) is 23.1 Å². The lowest BCUT2D eigenvalue weighted by atomic mass is 9.93. The second kappa shape index (κ2) is 10.4. The summed E-state index contributed by atoms with van der Waals surface area (Å²) in [5, 5.41) is 14.5. The van der Waals surface area contributed by atoms with Gasteiger partial charge in [0.2, 0.25) is 0 Å². The molecule has 182 valence electrons. The topological polar surface area (TPSA) is 97.5 Å². The molecule has 0 spiro atoms. The fourth-order valence-corrected chi connectivity index (χ4v) is 4.11. The molecule has 3 aromatic rings. The van der Waals surface area contributed by atoms with E-state index in [4.69, 9.17) is 14.6 Å². The molecule has 1 aliphatic rings. The molecule has 0 bridgehead atoms. The monoisotopic (exact) mass is 482 g/mol. The number of aromatic nitrogens is 2. The first-order valence-electron chi connectivity index (χ1n) is 11.4. The summed E-state index contributed by atoms with van der Waals surface area (Å²) in [4.78, 5) is 27.2. The van der Waals surface area contributed by atoms with Gasteiger partial charge in [-0.3, -0.25) is 14.5 Å². The number of imide groups is 1. The molecule has 0 unspecified atom stereocenters. The van der Waals surface area contributed by atoms with Crippen LogP contribution in [0.15, 0.2) is 71.4 Å². The van der Waals surface area contributed by atoms with E-state index in [0.717, 1.165) is 27.5 Å². The number of carbonyl (C=O) groups is 2. The fourth-order valence-electron chi connectivity index (χ4n) is 4.11. The number of rotatable bonds is 7. The predicted molar refractivity (Wildman–Crippen MR) is 135 cm³/mol. The number of nitrogens with zero attached hydrogens (tertiary/aromatic N) is 4. The molecule has 0 saturated carbocycles. The summed E-state index contributed by atoms with van der Waals surface area (Å²) >= 11 is 0. The van der Waals surface area contributed by atoms with Crippen molar-refractivity contribution < 1.29 is 19.1 Å². The summed E-state index contributed by atoms with van der Waals surface area (Å²) in [6.07, 6.45) is 3.54. The largest absolute Gasteiger partial charge is 0.497 e. The van der Waals surface area contributed by atoms with E-state index in [1.807, 2.05) is 67.7 Å². The van der Waals surface area contributed by atoms with Gasteiger partial charge in [0.05, 0.1) is 25.9 Å². The van der Waals surface area contributed by atoms with Gasteiger partial charge in [-0.05, 0) is 61.4 Å². The van der Waals surface area contributed by atoms with Crippen molar-refractivity contribution in [3.8, 4) is 28.8 Å². The second-order valence-electron chi connectivity index (χ2n) is 8.32. The van der Waals surface area contributed by atoms with Gasteiger partial charge < -0.3 is 9.47 Å². The molecule has 8 heteroatoms. The molecule has 0 radical (unpaired) electrons. The summed E-state index contributed by atoms with van der Waals surface area (Å²) in [6, 6.07) is 17.3. The summed E-state index contributed by atoms with van der Waals surface area (Å²) in [7, 11) is 3.10. The van der Waals surface area contributed by atoms with Crippen LogP contribution in [0.4, 0.5) is 0 Å². The SMILES string of the molecule is COCCN1C(=O)C(C#N)=C(C)/C(=C\c2cn(-c3ccccc3)nc2-c2ccc(OC)cc2C)C1=O. The van der Waals surface area contributed by atoms with Crippen LogP contribution < -0.4 is 4.74 Å². The number of hydrogen-bond acceptors (Lipinski definition) is 6. The average molecular weight is 483 g/mol. The van der Waals surface area contributed by atoms with Crippen LogP contribution in [-0.2, 0) is 14.3 Å². The summed E-state index contributed by atoms with van der Waals surface area (Å²) in [6.45, 7) is 3.81. The smallest absolute Gasteiger partial charge is 0.271 e. The maximum Gasteiger partial charge on any atom is 0.271 e. The third-order valence-corrected chi connectivity index (χ3v) is 6.10. The van der Waals surface area contributed by atoms with Gasteiger partial charge in [0.15, 0.2) is 0 Å². The number of aryl methyl sites for hydroxylation is 1. The second-order valence-corrected chi connectivity index (χ2v) is 8.32. The van der Waals surface area contributed by atoms with E-state index >= 15 is 0 Å². The van der Waals surface area contributed by atoms with Crippen LogP contribution in [-0.4, -0.2) is 53.9 Å². The summed E-state index contributed by atoms with van der Waals surface area (Å²) < 4.78 is 12.2. The number of methoxy groups -OCH3 is 2. The zero-order valence-corrected chi connectivity index (χ0v) is 20.6. The maximum absolute atomic E-state index is 13.4. The van der Waals surface area contributed by atoms with E-state index in [2.05, 4.69) is 0 Å². The average Bonchev–Trinajstić information content (AvgIpc) is 3.31. The van der Waals surface area contributed by atoms with Gasteiger partial charge in [-0.2, -0.15) is 10.4 Å². The Labute approximate surface area is 209 Å². The number of para-hydroxylation sites is 1. The van der Waals surface area contributed by atoms with Gasteiger partial charge in [-0.25, -0.2) is 4.68 Å². The summed E-state index contributed by atoms with van der Waals surface area (Å²) in [5.74, 6) is -0.357. The third kappa shape index (κ3) is 4.57. The molecule has 1 aromatic heterocycles. The quantitative estimate of drug-likeness (QED) is 0.372. The molecule has 2 heterocycles. The fraction of sp³-hybridized carbons (Fsp3) is 0.214. The van der Waals surface area contributed by atoms with Crippen LogP contribution in [0.3, 0.4) is 0 Å². The van der Waals surface area contributed by atoms with Gasteiger partial charge >= 0.3 is 0 Å². The molecule has 0 atom stereocenters. The van der Waals surface area contributed by atoms with E-state index in [1.165, 1.54) is 7.11 Å². The van der Waals surface area contributed by atoms with E-state index in [9.17, 15) is 14.9 Å². The first kappa shape index (κ1) is 24.6. The number of benzene rings is 2. The van der Waals surface area contributed by atoms with E-state index in [1.54, 1.807) is 24.8 Å². The molecule has 0 saturated heterocycles. The lowest BCUT2D eigenvalue weighted by Gasteiger charge is -2.27. The van der Waals surface area contributed by atoms with Crippen LogP contribution in [0, 0.1) is 18.3 Å². The number of hydrogen-bond donors (Lipinski definition) is 0. The summed E-state index contributed by atoms with van der Waals surface area (Å²) in [5.41, 5.74) is 4.55. The van der Waals surface area contributed by atoms with Crippen LogP contribution in [0.25, 0.3) is 23.0 Å².